The summed E-state index contributed by atoms with van der Waals surface area (Å²) in [5.41, 5.74) is 2.76. The second-order valence-electron chi connectivity index (χ2n) is 10.9. The average molecular weight is 517 g/mol. The molecule has 1 saturated heterocycles. The molecule has 0 atom stereocenters. The lowest BCUT2D eigenvalue weighted by Crippen LogP contribution is -2.48. The standard InChI is InChI=1S/C31H40N4O3/c1-33-20-17-32-29(33)30(36)35-18-15-31(16-19-35)14-6-5-8-26-7-3-4-9-28(26)38-22-21-34(24-31)23-25-10-12-27(37-2)13-11-25/h3-4,7,9-13,17,20H,5-6,8,14-16,18-19,21-24H2,1-2H3. The number of aryl methyl sites for hydroxylation is 2. The summed E-state index contributed by atoms with van der Waals surface area (Å²) in [5, 5.41) is 0. The highest BCUT2D eigenvalue weighted by molar-refractivity contribution is 5.90. The number of piperidine rings is 1. The maximum atomic E-state index is 13.1. The Morgan fingerprint density at radius 1 is 1.03 bits per heavy atom. The van der Waals surface area contributed by atoms with Crippen molar-refractivity contribution in [1.29, 1.82) is 0 Å². The largest absolute Gasteiger partial charge is 0.497 e. The van der Waals surface area contributed by atoms with Crippen LogP contribution in [0, 0.1) is 5.41 Å². The van der Waals surface area contributed by atoms with Gasteiger partial charge in [-0.25, -0.2) is 4.98 Å². The van der Waals surface area contributed by atoms with E-state index >= 15 is 0 Å². The number of hydrogen-bond donors (Lipinski definition) is 0. The molecule has 0 bridgehead atoms. The highest BCUT2D eigenvalue weighted by atomic mass is 16.5. The Morgan fingerprint density at radius 2 is 1.82 bits per heavy atom. The minimum atomic E-state index is 0.0422. The number of para-hydroxylation sites is 1. The summed E-state index contributed by atoms with van der Waals surface area (Å²) >= 11 is 0. The number of ether oxygens (including phenoxy) is 2. The molecule has 0 radical (unpaired) electrons. The van der Waals surface area contributed by atoms with Gasteiger partial charge in [0.15, 0.2) is 5.82 Å². The molecular formula is C31H40N4O3. The first-order valence-corrected chi connectivity index (χ1v) is 13.9. The number of nitrogens with zero attached hydrogens (tertiary/aromatic N) is 4. The van der Waals surface area contributed by atoms with E-state index in [4.69, 9.17) is 9.47 Å². The molecule has 1 fully saturated rings. The van der Waals surface area contributed by atoms with Crippen molar-refractivity contribution >= 4 is 5.91 Å². The summed E-state index contributed by atoms with van der Waals surface area (Å²) < 4.78 is 13.5. The van der Waals surface area contributed by atoms with Crippen LogP contribution in [0.3, 0.4) is 0 Å². The molecule has 0 aliphatic carbocycles. The third-order valence-corrected chi connectivity index (χ3v) is 8.29. The van der Waals surface area contributed by atoms with Crippen molar-refractivity contribution in [1.82, 2.24) is 19.4 Å². The number of rotatable bonds is 4. The van der Waals surface area contributed by atoms with Crippen LogP contribution in [0.15, 0.2) is 60.9 Å². The van der Waals surface area contributed by atoms with E-state index in [1.165, 1.54) is 24.0 Å². The molecule has 2 aliphatic heterocycles. The third kappa shape index (κ3) is 6.21. The Hall–Kier alpha value is -3.32. The first-order chi connectivity index (χ1) is 18.5. The Balaban J connectivity index is 1.33. The number of carbonyl (C=O) groups is 1. The van der Waals surface area contributed by atoms with Gasteiger partial charge in [-0.05, 0) is 66.8 Å². The van der Waals surface area contributed by atoms with Crippen LogP contribution in [0.4, 0.5) is 0 Å². The van der Waals surface area contributed by atoms with Crippen molar-refractivity contribution in [2.24, 2.45) is 12.5 Å². The molecule has 5 rings (SSSR count). The van der Waals surface area contributed by atoms with Crippen LogP contribution >= 0.6 is 0 Å². The lowest BCUT2D eigenvalue weighted by Gasteiger charge is -2.45. The molecule has 1 spiro atoms. The van der Waals surface area contributed by atoms with Crippen LogP contribution in [-0.4, -0.2) is 65.2 Å². The van der Waals surface area contributed by atoms with Crippen LogP contribution in [-0.2, 0) is 20.0 Å². The zero-order chi connectivity index (χ0) is 26.4. The topological polar surface area (TPSA) is 59.8 Å². The Kier molecular flexibility index (Phi) is 8.32. The molecule has 0 saturated carbocycles. The van der Waals surface area contributed by atoms with Crippen LogP contribution in [0.2, 0.25) is 0 Å². The van der Waals surface area contributed by atoms with Crippen molar-refractivity contribution in [3.8, 4) is 11.5 Å². The average Bonchev–Trinajstić information content (AvgIpc) is 3.37. The van der Waals surface area contributed by atoms with Gasteiger partial charge in [0, 0.05) is 52.2 Å². The fraction of sp³-hybridized carbons (Fsp3) is 0.484. The zero-order valence-electron chi connectivity index (χ0n) is 22.8. The van der Waals surface area contributed by atoms with Gasteiger partial charge in [0.2, 0.25) is 0 Å². The molecule has 1 aromatic heterocycles. The fourth-order valence-corrected chi connectivity index (χ4v) is 6.01. The van der Waals surface area contributed by atoms with E-state index in [2.05, 4.69) is 46.3 Å². The molecule has 1 amide bonds. The van der Waals surface area contributed by atoms with Gasteiger partial charge in [-0.1, -0.05) is 36.8 Å². The third-order valence-electron chi connectivity index (χ3n) is 8.29. The van der Waals surface area contributed by atoms with Gasteiger partial charge in [-0.15, -0.1) is 0 Å². The van der Waals surface area contributed by atoms with E-state index in [0.717, 1.165) is 69.9 Å². The van der Waals surface area contributed by atoms with E-state index < -0.39 is 0 Å². The maximum absolute atomic E-state index is 13.1. The molecule has 3 heterocycles. The van der Waals surface area contributed by atoms with Gasteiger partial charge >= 0.3 is 0 Å². The Morgan fingerprint density at radius 3 is 2.55 bits per heavy atom. The second kappa shape index (κ2) is 12.0. The van der Waals surface area contributed by atoms with E-state index in [1.54, 1.807) is 13.3 Å². The molecular weight excluding hydrogens is 476 g/mol. The van der Waals surface area contributed by atoms with Gasteiger partial charge in [0.25, 0.3) is 5.91 Å². The lowest BCUT2D eigenvalue weighted by atomic mass is 9.73. The van der Waals surface area contributed by atoms with Gasteiger partial charge in [-0.2, -0.15) is 0 Å². The number of imidazole rings is 1. The molecule has 3 aromatic rings. The predicted octanol–water partition coefficient (Wildman–Crippen LogP) is 4.96. The molecule has 2 aliphatic rings. The lowest BCUT2D eigenvalue weighted by molar-refractivity contribution is 0.0352. The summed E-state index contributed by atoms with van der Waals surface area (Å²) in [5.74, 6) is 2.47. The van der Waals surface area contributed by atoms with Crippen LogP contribution in [0.1, 0.15) is 53.8 Å². The Bertz CT molecular complexity index is 1200. The minimum absolute atomic E-state index is 0.0422. The molecule has 7 nitrogen and oxygen atoms in total. The van der Waals surface area contributed by atoms with Crippen molar-refractivity contribution in [3.05, 3.63) is 77.9 Å². The van der Waals surface area contributed by atoms with Crippen molar-refractivity contribution in [2.45, 2.75) is 45.1 Å². The van der Waals surface area contributed by atoms with Crippen LogP contribution < -0.4 is 9.47 Å². The smallest absolute Gasteiger partial charge is 0.289 e. The molecule has 2 aromatic carbocycles. The minimum Gasteiger partial charge on any atom is -0.497 e. The van der Waals surface area contributed by atoms with Crippen molar-refractivity contribution in [3.63, 3.8) is 0 Å². The maximum Gasteiger partial charge on any atom is 0.289 e. The van der Waals surface area contributed by atoms with Crippen molar-refractivity contribution < 1.29 is 14.3 Å². The summed E-state index contributed by atoms with van der Waals surface area (Å²) in [6.45, 7) is 4.95. The van der Waals surface area contributed by atoms with E-state index in [9.17, 15) is 4.79 Å². The van der Waals surface area contributed by atoms with E-state index in [0.29, 0.717) is 12.4 Å². The Labute approximate surface area is 226 Å². The zero-order valence-corrected chi connectivity index (χ0v) is 22.8. The molecule has 7 heteroatoms. The number of benzene rings is 2. The van der Waals surface area contributed by atoms with Gasteiger partial charge in [0.05, 0.1) is 7.11 Å². The number of likely N-dealkylation sites (tertiary alicyclic amines) is 1. The van der Waals surface area contributed by atoms with Gasteiger partial charge in [-0.3, -0.25) is 9.69 Å². The van der Waals surface area contributed by atoms with Crippen LogP contribution in [0.5, 0.6) is 11.5 Å². The van der Waals surface area contributed by atoms with Gasteiger partial charge < -0.3 is 18.9 Å². The highest BCUT2D eigenvalue weighted by Gasteiger charge is 2.38. The summed E-state index contributed by atoms with van der Waals surface area (Å²) in [6.07, 6.45) is 10.1. The predicted molar refractivity (Wildman–Crippen MR) is 149 cm³/mol. The van der Waals surface area contributed by atoms with Crippen molar-refractivity contribution in [2.75, 3.05) is 39.9 Å². The molecule has 38 heavy (non-hydrogen) atoms. The quantitative estimate of drug-likeness (QED) is 0.491. The van der Waals surface area contributed by atoms with E-state index in [1.807, 2.05) is 34.8 Å². The number of carbonyl (C=O) groups excluding carboxylic acids is 1. The first-order valence-electron chi connectivity index (χ1n) is 13.9. The number of amides is 1. The van der Waals surface area contributed by atoms with Gasteiger partial charge in [0.1, 0.15) is 18.1 Å². The molecule has 0 N–H and O–H groups in total. The van der Waals surface area contributed by atoms with Crippen LogP contribution in [0.25, 0.3) is 0 Å². The monoisotopic (exact) mass is 516 g/mol. The van der Waals surface area contributed by atoms with E-state index in [-0.39, 0.29) is 11.3 Å². The summed E-state index contributed by atoms with van der Waals surface area (Å²) in [7, 11) is 3.59. The first kappa shape index (κ1) is 26.3. The molecule has 0 unspecified atom stereocenters. The number of fused-ring (bicyclic) bond motifs is 1. The number of methoxy groups -OCH3 is 1. The second-order valence-corrected chi connectivity index (χ2v) is 10.9. The number of aromatic nitrogens is 2. The molecule has 202 valence electrons. The summed E-state index contributed by atoms with van der Waals surface area (Å²) in [4.78, 5) is 22.0. The highest BCUT2D eigenvalue weighted by Crippen LogP contribution is 2.39. The normalized spacial score (nSPS) is 18.6. The number of hydrogen-bond acceptors (Lipinski definition) is 5. The SMILES string of the molecule is COc1ccc(CN2CCOc3ccccc3CCCCC3(CCN(C(=O)c4nccn4C)CC3)C2)cc1. The summed E-state index contributed by atoms with van der Waals surface area (Å²) in [6, 6.07) is 16.9. The fourth-order valence-electron chi connectivity index (χ4n) is 6.01.